The Morgan fingerprint density at radius 1 is 0.737 bits per heavy atom. The van der Waals surface area contributed by atoms with Crippen molar-refractivity contribution in [2.24, 2.45) is 16.7 Å². The van der Waals surface area contributed by atoms with Crippen molar-refractivity contribution < 1.29 is 0 Å². The van der Waals surface area contributed by atoms with E-state index in [0.717, 1.165) is 5.92 Å². The van der Waals surface area contributed by atoms with Crippen molar-refractivity contribution in [3.05, 3.63) is 0 Å². The predicted octanol–water partition coefficient (Wildman–Crippen LogP) is 8.21. The summed E-state index contributed by atoms with van der Waals surface area (Å²) in [5, 5.41) is 0. The average Bonchev–Trinajstić information content (AvgIpc) is 1.97. The summed E-state index contributed by atoms with van der Waals surface area (Å²) in [6.07, 6.45) is 6.86. The minimum atomic E-state index is 0. The Morgan fingerprint density at radius 2 is 1.00 bits per heavy atom. The zero-order valence-corrected chi connectivity index (χ0v) is 12.1. The summed E-state index contributed by atoms with van der Waals surface area (Å²) in [4.78, 5) is 0. The predicted molar refractivity (Wildman–Crippen MR) is 98.1 cm³/mol. The maximum Gasteiger partial charge on any atom is -0.0347 e. The van der Waals surface area contributed by atoms with Crippen molar-refractivity contribution in [2.75, 3.05) is 0 Å². The molecule has 0 radical (unpaired) electrons. The van der Waals surface area contributed by atoms with Crippen LogP contribution < -0.4 is 0 Å². The number of hydrogen-bond acceptors (Lipinski definition) is 0. The number of rotatable bonds is 1. The third kappa shape index (κ3) is 15.9. The van der Waals surface area contributed by atoms with Crippen LogP contribution in [0.2, 0.25) is 0 Å². The monoisotopic (exact) mass is 276 g/mol. The van der Waals surface area contributed by atoms with Gasteiger partial charge in [-0.15, -0.1) is 0 Å². The topological polar surface area (TPSA) is 0 Å². The molecule has 124 valence electrons. The third-order valence-corrected chi connectivity index (χ3v) is 3.26. The Hall–Kier alpha value is 0. The molecule has 0 N–H and O–H groups in total. The molecule has 0 heteroatoms. The smallest absolute Gasteiger partial charge is 0.0347 e. The van der Waals surface area contributed by atoms with Crippen LogP contribution in [0.25, 0.3) is 0 Å². The Balaban J connectivity index is -0.0000000735. The first-order valence-corrected chi connectivity index (χ1v) is 6.72. The first-order valence-electron chi connectivity index (χ1n) is 6.72. The van der Waals surface area contributed by atoms with Crippen molar-refractivity contribution in [3.63, 3.8) is 0 Å². The lowest BCUT2D eigenvalue weighted by molar-refractivity contribution is 0.0754. The van der Waals surface area contributed by atoms with Gasteiger partial charge in [-0.2, -0.15) is 0 Å². The van der Waals surface area contributed by atoms with E-state index >= 15 is 0 Å². The van der Waals surface area contributed by atoms with Gasteiger partial charge in [-0.3, -0.25) is 0 Å². The van der Waals surface area contributed by atoms with Crippen LogP contribution in [0.5, 0.6) is 0 Å². The fraction of sp³-hybridized carbons (Fsp3) is 1.00. The largest absolute Gasteiger partial charge is 0.0776 e. The van der Waals surface area contributed by atoms with E-state index < -0.39 is 0 Å². The fourth-order valence-electron chi connectivity index (χ4n) is 3.40. The van der Waals surface area contributed by atoms with Gasteiger partial charge in [0, 0.05) is 0 Å². The summed E-state index contributed by atoms with van der Waals surface area (Å²) in [5.74, 6) is 0.925. The Labute approximate surface area is 127 Å². The first-order chi connectivity index (χ1) is 6.72. The summed E-state index contributed by atoms with van der Waals surface area (Å²) >= 11 is 0. The van der Waals surface area contributed by atoms with Gasteiger partial charge in [0.05, 0.1) is 0 Å². The molecule has 0 aromatic heterocycles. The van der Waals surface area contributed by atoms with Crippen molar-refractivity contribution in [3.8, 4) is 0 Å². The zero-order chi connectivity index (χ0) is 12.1. The van der Waals surface area contributed by atoms with E-state index in [-0.39, 0.29) is 29.7 Å². The van der Waals surface area contributed by atoms with Crippen LogP contribution in [-0.2, 0) is 0 Å². The van der Waals surface area contributed by atoms with E-state index in [1.165, 1.54) is 32.1 Å². The summed E-state index contributed by atoms with van der Waals surface area (Å²) in [5.41, 5.74) is 1.17. The Morgan fingerprint density at radius 3 is 1.16 bits per heavy atom. The molecule has 1 fully saturated rings. The molecule has 0 saturated heterocycles. The highest BCUT2D eigenvalue weighted by Crippen LogP contribution is 2.47. The van der Waals surface area contributed by atoms with E-state index in [2.05, 4.69) is 48.5 Å². The van der Waals surface area contributed by atoms with Crippen molar-refractivity contribution in [1.82, 2.24) is 0 Å². The molecule has 1 aliphatic rings. The fourth-order valence-corrected chi connectivity index (χ4v) is 3.40. The Kier molecular flexibility index (Phi) is 21.5. The van der Waals surface area contributed by atoms with Crippen molar-refractivity contribution >= 4 is 0 Å². The molecule has 0 atom stereocenters. The quantitative estimate of drug-likeness (QED) is 0.452. The van der Waals surface area contributed by atoms with Crippen LogP contribution in [0.15, 0.2) is 0 Å². The van der Waals surface area contributed by atoms with Crippen LogP contribution in [0.4, 0.5) is 0 Å². The zero-order valence-electron chi connectivity index (χ0n) is 12.1. The van der Waals surface area contributed by atoms with E-state index in [0.29, 0.717) is 10.8 Å². The van der Waals surface area contributed by atoms with Gasteiger partial charge in [0.1, 0.15) is 0 Å². The van der Waals surface area contributed by atoms with E-state index in [9.17, 15) is 0 Å². The summed E-state index contributed by atoms with van der Waals surface area (Å²) < 4.78 is 0. The van der Waals surface area contributed by atoms with Crippen LogP contribution in [-0.4, -0.2) is 0 Å². The molecular formula is C19H48. The van der Waals surface area contributed by atoms with Gasteiger partial charge in [-0.05, 0) is 36.0 Å². The highest BCUT2D eigenvalue weighted by atomic mass is 14.4. The van der Waals surface area contributed by atoms with Crippen molar-refractivity contribution in [2.45, 2.75) is 110 Å². The van der Waals surface area contributed by atoms with Gasteiger partial charge < -0.3 is 0 Å². The molecule has 1 aliphatic carbocycles. The molecule has 0 aliphatic heterocycles. The maximum absolute atomic E-state index is 2.41. The van der Waals surface area contributed by atoms with E-state index in [1.54, 1.807) is 0 Å². The molecule has 1 rings (SSSR count). The SMILES string of the molecule is C.C.C.C.CC1CC(C)(C)CC(C)(C)C1.CCCC. The standard InChI is InChI=1S/C11H22.C4H10.4CH4/c1-9-6-10(2,3)8-11(4,5)7-9;1-3-4-2;;;;/h9H,6-8H2,1-5H3;3-4H2,1-2H3;4*1H4. The average molecular weight is 277 g/mol. The summed E-state index contributed by atoms with van der Waals surface area (Å²) in [7, 11) is 0. The first kappa shape index (κ1) is 31.4. The molecule has 0 spiro atoms. The normalized spacial score (nSPS) is 19.1. The van der Waals surface area contributed by atoms with Gasteiger partial charge in [-0.1, -0.05) is 91.0 Å². The molecule has 0 heterocycles. The minimum Gasteiger partial charge on any atom is -0.0776 e. The molecule has 19 heavy (non-hydrogen) atoms. The Bertz CT molecular complexity index is 147. The molecule has 0 bridgehead atoms. The van der Waals surface area contributed by atoms with Crippen LogP contribution in [0, 0.1) is 16.7 Å². The van der Waals surface area contributed by atoms with Crippen LogP contribution >= 0.6 is 0 Å². The second-order valence-electron chi connectivity index (χ2n) is 7.02. The second-order valence-corrected chi connectivity index (χ2v) is 7.02. The molecule has 0 aromatic carbocycles. The summed E-state index contributed by atoms with van der Waals surface area (Å²) in [6, 6.07) is 0. The lowest BCUT2D eigenvalue weighted by Crippen LogP contribution is -2.32. The maximum atomic E-state index is 2.41. The molecule has 0 nitrogen and oxygen atoms in total. The highest BCUT2D eigenvalue weighted by molar-refractivity contribution is 4.87. The van der Waals surface area contributed by atoms with Crippen LogP contribution in [0.1, 0.15) is 110 Å². The van der Waals surface area contributed by atoms with Gasteiger partial charge in [0.2, 0.25) is 0 Å². The van der Waals surface area contributed by atoms with Gasteiger partial charge >= 0.3 is 0 Å². The van der Waals surface area contributed by atoms with Crippen molar-refractivity contribution in [1.29, 1.82) is 0 Å². The van der Waals surface area contributed by atoms with E-state index in [4.69, 9.17) is 0 Å². The molecule has 0 aromatic rings. The number of unbranched alkanes of at least 4 members (excludes halogenated alkanes) is 1. The van der Waals surface area contributed by atoms with Gasteiger partial charge in [-0.25, -0.2) is 0 Å². The third-order valence-electron chi connectivity index (χ3n) is 3.26. The highest BCUT2D eigenvalue weighted by Gasteiger charge is 2.36. The molecular weight excluding hydrogens is 228 g/mol. The second kappa shape index (κ2) is 13.0. The lowest BCUT2D eigenvalue weighted by Gasteiger charge is -2.44. The molecule has 1 saturated carbocycles. The van der Waals surface area contributed by atoms with Gasteiger partial charge in [0.25, 0.3) is 0 Å². The molecule has 0 unspecified atom stereocenters. The van der Waals surface area contributed by atoms with Crippen LogP contribution in [0.3, 0.4) is 0 Å². The van der Waals surface area contributed by atoms with E-state index in [1.807, 2.05) is 0 Å². The summed E-state index contributed by atoms with van der Waals surface area (Å²) in [6.45, 7) is 16.4. The minimum absolute atomic E-state index is 0. The van der Waals surface area contributed by atoms with Gasteiger partial charge in [0.15, 0.2) is 0 Å². The molecule has 0 amide bonds. The lowest BCUT2D eigenvalue weighted by atomic mass is 9.62. The number of hydrogen-bond donors (Lipinski definition) is 0.